The average molecular weight is 286 g/mol. The van der Waals surface area contributed by atoms with Crippen molar-refractivity contribution in [2.45, 2.75) is 58.2 Å². The first-order chi connectivity index (χ1) is 9.45. The Bertz CT molecular complexity index is 327. The summed E-state index contributed by atoms with van der Waals surface area (Å²) in [5, 5.41) is 2.69. The first kappa shape index (κ1) is 16.9. The molecule has 1 rings (SSSR count). The number of nitrogens with one attached hydrogen (secondary N) is 1. The second-order valence-electron chi connectivity index (χ2n) is 5.45. The maximum atomic E-state index is 12.0. The molecule has 6 nitrogen and oxygen atoms in total. The van der Waals surface area contributed by atoms with Gasteiger partial charge in [-0.1, -0.05) is 13.8 Å². The molecule has 0 aromatic heterocycles. The number of hydrogen-bond donors (Lipinski definition) is 2. The summed E-state index contributed by atoms with van der Waals surface area (Å²) in [4.78, 5) is 23.9. The topological polar surface area (TPSA) is 90.6 Å². The van der Waals surface area contributed by atoms with Gasteiger partial charge in [-0.3, -0.25) is 4.79 Å². The van der Waals surface area contributed by atoms with Gasteiger partial charge >= 0.3 is 5.97 Å². The third-order valence-electron chi connectivity index (χ3n) is 3.43. The van der Waals surface area contributed by atoms with Gasteiger partial charge < -0.3 is 20.5 Å². The van der Waals surface area contributed by atoms with Crippen LogP contribution < -0.4 is 11.1 Å². The minimum atomic E-state index is -0.685. The molecule has 0 spiro atoms. The highest BCUT2D eigenvalue weighted by atomic mass is 16.5. The van der Waals surface area contributed by atoms with Crippen molar-refractivity contribution in [3.8, 4) is 0 Å². The molecule has 0 radical (unpaired) electrons. The van der Waals surface area contributed by atoms with Gasteiger partial charge in [-0.15, -0.1) is 0 Å². The highest BCUT2D eigenvalue weighted by Crippen LogP contribution is 2.17. The standard InChI is InChI=1S/C14H26N2O4/c1-4-19-14(18)11(8-10-6-5-7-20-10)16-13(17)12(15)9(2)3/h9-12H,4-8,15H2,1-3H3,(H,16,17)/t10-,11+,12+/m1/s1. The number of carbonyl (C=O) groups excluding carboxylic acids is 2. The Morgan fingerprint density at radius 2 is 2.15 bits per heavy atom. The van der Waals surface area contributed by atoms with Crippen molar-refractivity contribution in [3.05, 3.63) is 0 Å². The molecule has 20 heavy (non-hydrogen) atoms. The van der Waals surface area contributed by atoms with Gasteiger partial charge in [0.05, 0.1) is 18.8 Å². The molecule has 3 N–H and O–H groups in total. The van der Waals surface area contributed by atoms with E-state index in [9.17, 15) is 9.59 Å². The summed E-state index contributed by atoms with van der Waals surface area (Å²) in [6.45, 7) is 6.46. The molecule has 0 bridgehead atoms. The van der Waals surface area contributed by atoms with Crippen molar-refractivity contribution >= 4 is 11.9 Å². The molecule has 1 fully saturated rings. The largest absolute Gasteiger partial charge is 0.464 e. The van der Waals surface area contributed by atoms with Gasteiger partial charge in [0.2, 0.25) is 5.91 Å². The summed E-state index contributed by atoms with van der Waals surface area (Å²) in [6.07, 6.45) is 2.33. The minimum absolute atomic E-state index is 0.0000180. The van der Waals surface area contributed by atoms with Gasteiger partial charge in [0.25, 0.3) is 0 Å². The number of nitrogens with two attached hydrogens (primary N) is 1. The normalized spacial score (nSPS) is 21.6. The molecule has 6 heteroatoms. The van der Waals surface area contributed by atoms with E-state index < -0.39 is 18.1 Å². The molecular weight excluding hydrogens is 260 g/mol. The number of amides is 1. The van der Waals surface area contributed by atoms with Crippen LogP contribution in [0, 0.1) is 5.92 Å². The molecule has 3 atom stereocenters. The van der Waals surface area contributed by atoms with Crippen molar-refractivity contribution in [3.63, 3.8) is 0 Å². The monoisotopic (exact) mass is 286 g/mol. The predicted octanol–water partition coefficient (Wildman–Crippen LogP) is 0.587. The maximum absolute atomic E-state index is 12.0. The SMILES string of the molecule is CCOC(=O)[C@H](C[C@H]1CCCO1)NC(=O)[C@@H](N)C(C)C. The second-order valence-corrected chi connectivity index (χ2v) is 5.45. The second kappa shape index (κ2) is 8.21. The number of esters is 1. The lowest BCUT2D eigenvalue weighted by molar-refractivity contribution is -0.148. The number of rotatable bonds is 7. The van der Waals surface area contributed by atoms with Crippen molar-refractivity contribution in [1.82, 2.24) is 5.32 Å². The molecule has 0 aromatic rings. The van der Waals surface area contributed by atoms with Crippen molar-refractivity contribution < 1.29 is 19.1 Å². The van der Waals surface area contributed by atoms with Gasteiger partial charge in [0, 0.05) is 13.0 Å². The summed E-state index contributed by atoms with van der Waals surface area (Å²) in [6, 6.07) is -1.31. The van der Waals surface area contributed by atoms with Crippen LogP contribution in [0.3, 0.4) is 0 Å². The lowest BCUT2D eigenvalue weighted by Gasteiger charge is -2.23. The van der Waals surface area contributed by atoms with Crippen LogP contribution >= 0.6 is 0 Å². The Hall–Kier alpha value is -1.14. The van der Waals surface area contributed by atoms with Crippen molar-refractivity contribution in [2.24, 2.45) is 11.7 Å². The fraction of sp³-hybridized carbons (Fsp3) is 0.857. The van der Waals surface area contributed by atoms with Gasteiger partial charge in [-0.25, -0.2) is 4.79 Å². The number of ether oxygens (including phenoxy) is 2. The molecular formula is C14H26N2O4. The quantitative estimate of drug-likeness (QED) is 0.668. The Kier molecular flexibility index (Phi) is 6.95. The van der Waals surface area contributed by atoms with E-state index in [0.29, 0.717) is 13.0 Å². The van der Waals surface area contributed by atoms with E-state index in [2.05, 4.69) is 5.32 Å². The van der Waals surface area contributed by atoms with E-state index in [1.807, 2.05) is 13.8 Å². The first-order valence-electron chi connectivity index (χ1n) is 7.29. The van der Waals surface area contributed by atoms with Crippen LogP contribution in [0.2, 0.25) is 0 Å². The molecule has 1 saturated heterocycles. The van der Waals surface area contributed by atoms with Crippen LogP contribution in [0.1, 0.15) is 40.0 Å². The molecule has 0 saturated carbocycles. The van der Waals surface area contributed by atoms with Gasteiger partial charge in [0.1, 0.15) is 6.04 Å². The minimum Gasteiger partial charge on any atom is -0.464 e. The number of hydrogen-bond acceptors (Lipinski definition) is 5. The molecule has 0 aromatic carbocycles. The van der Waals surface area contributed by atoms with Crippen LogP contribution in [0.5, 0.6) is 0 Å². The summed E-state index contributed by atoms with van der Waals surface area (Å²) in [5.74, 6) is -0.732. The maximum Gasteiger partial charge on any atom is 0.328 e. The summed E-state index contributed by atoms with van der Waals surface area (Å²) in [7, 11) is 0. The van der Waals surface area contributed by atoms with E-state index in [0.717, 1.165) is 12.8 Å². The summed E-state index contributed by atoms with van der Waals surface area (Å²) < 4.78 is 10.5. The van der Waals surface area contributed by atoms with Crippen LogP contribution in [-0.4, -0.2) is 43.3 Å². The first-order valence-corrected chi connectivity index (χ1v) is 7.29. The van der Waals surface area contributed by atoms with E-state index in [1.54, 1.807) is 6.92 Å². The predicted molar refractivity (Wildman–Crippen MR) is 75.0 cm³/mol. The lowest BCUT2D eigenvalue weighted by atomic mass is 10.0. The Morgan fingerprint density at radius 3 is 2.65 bits per heavy atom. The van der Waals surface area contributed by atoms with Gasteiger partial charge in [0.15, 0.2) is 0 Å². The smallest absolute Gasteiger partial charge is 0.328 e. The Labute approximate surface area is 120 Å². The van der Waals surface area contributed by atoms with E-state index in [4.69, 9.17) is 15.2 Å². The van der Waals surface area contributed by atoms with Crippen LogP contribution in [-0.2, 0) is 19.1 Å². The molecule has 1 amide bonds. The van der Waals surface area contributed by atoms with Gasteiger partial charge in [-0.05, 0) is 25.7 Å². The van der Waals surface area contributed by atoms with Crippen LogP contribution in [0.15, 0.2) is 0 Å². The zero-order chi connectivity index (χ0) is 15.1. The molecule has 1 aliphatic heterocycles. The van der Waals surface area contributed by atoms with E-state index in [-0.39, 0.29) is 24.5 Å². The van der Waals surface area contributed by atoms with Crippen molar-refractivity contribution in [1.29, 1.82) is 0 Å². The molecule has 0 unspecified atom stereocenters. The zero-order valence-electron chi connectivity index (χ0n) is 12.6. The molecule has 0 aliphatic carbocycles. The third kappa shape index (κ3) is 5.09. The molecule has 1 heterocycles. The van der Waals surface area contributed by atoms with Crippen LogP contribution in [0.25, 0.3) is 0 Å². The van der Waals surface area contributed by atoms with Crippen molar-refractivity contribution in [2.75, 3.05) is 13.2 Å². The summed E-state index contributed by atoms with van der Waals surface area (Å²) >= 11 is 0. The van der Waals surface area contributed by atoms with E-state index in [1.165, 1.54) is 0 Å². The van der Waals surface area contributed by atoms with Gasteiger partial charge in [-0.2, -0.15) is 0 Å². The van der Waals surface area contributed by atoms with E-state index >= 15 is 0 Å². The fourth-order valence-corrected chi connectivity index (χ4v) is 2.12. The lowest BCUT2D eigenvalue weighted by Crippen LogP contribution is -2.51. The summed E-state index contributed by atoms with van der Waals surface area (Å²) in [5.41, 5.74) is 5.80. The molecule has 116 valence electrons. The third-order valence-corrected chi connectivity index (χ3v) is 3.43. The van der Waals surface area contributed by atoms with Crippen LogP contribution in [0.4, 0.5) is 0 Å². The Balaban J connectivity index is 2.61. The highest BCUT2D eigenvalue weighted by molar-refractivity contribution is 5.87. The fourth-order valence-electron chi connectivity index (χ4n) is 2.12. The average Bonchev–Trinajstić information content (AvgIpc) is 2.90. The Morgan fingerprint density at radius 1 is 1.45 bits per heavy atom. The molecule has 1 aliphatic rings. The number of carbonyl (C=O) groups is 2. The highest BCUT2D eigenvalue weighted by Gasteiger charge is 2.30. The zero-order valence-corrected chi connectivity index (χ0v) is 12.6.